The van der Waals surface area contributed by atoms with E-state index < -0.39 is 23.4 Å². The van der Waals surface area contributed by atoms with E-state index in [-0.39, 0.29) is 28.5 Å². The lowest BCUT2D eigenvalue weighted by Gasteiger charge is -2.15. The second-order valence-corrected chi connectivity index (χ2v) is 7.26. The van der Waals surface area contributed by atoms with Crippen molar-refractivity contribution in [3.63, 3.8) is 0 Å². The van der Waals surface area contributed by atoms with Crippen LogP contribution in [-0.4, -0.2) is 41.6 Å². The van der Waals surface area contributed by atoms with Crippen LogP contribution in [0.2, 0.25) is 0 Å². The number of amidine groups is 1. The van der Waals surface area contributed by atoms with Crippen LogP contribution in [0.4, 0.5) is 20.3 Å². The van der Waals surface area contributed by atoms with Crippen LogP contribution in [0.5, 0.6) is 0 Å². The van der Waals surface area contributed by atoms with E-state index in [4.69, 9.17) is 5.41 Å². The molecule has 0 saturated carbocycles. The molecule has 2 aromatic carbocycles. The first-order valence-electron chi connectivity index (χ1n) is 9.56. The maximum atomic E-state index is 14.5. The van der Waals surface area contributed by atoms with Crippen LogP contribution < -0.4 is 10.6 Å². The van der Waals surface area contributed by atoms with Crippen LogP contribution in [0, 0.1) is 24.0 Å². The van der Waals surface area contributed by atoms with Crippen molar-refractivity contribution < 1.29 is 18.4 Å². The maximum absolute atomic E-state index is 14.5. The van der Waals surface area contributed by atoms with Gasteiger partial charge < -0.3 is 15.5 Å². The standard InChI is InChI=1S/C23H21F2N5O2/c1-13-4-9-20(27-12-13)29-23(32)17-11-15(24)6-8-19(17)28-22(31)16-7-5-14(10-18(16)25)21(26)30(2)3/h4-12,26H,1-3H3,(H,28,31)(H,27,29,32). The summed E-state index contributed by atoms with van der Waals surface area (Å²) in [5, 5.41) is 12.9. The molecule has 32 heavy (non-hydrogen) atoms. The van der Waals surface area contributed by atoms with E-state index >= 15 is 0 Å². The number of rotatable bonds is 5. The Hall–Kier alpha value is -4.14. The van der Waals surface area contributed by atoms with E-state index in [2.05, 4.69) is 15.6 Å². The second kappa shape index (κ2) is 9.34. The average Bonchev–Trinajstić information content (AvgIpc) is 2.75. The van der Waals surface area contributed by atoms with Gasteiger partial charge in [-0.15, -0.1) is 0 Å². The van der Waals surface area contributed by atoms with Crippen molar-refractivity contribution in [2.75, 3.05) is 24.7 Å². The minimum Gasteiger partial charge on any atom is -0.363 e. The molecule has 2 amide bonds. The molecule has 1 aromatic heterocycles. The Labute approximate surface area is 183 Å². The lowest BCUT2D eigenvalue weighted by Crippen LogP contribution is -2.23. The molecular formula is C23H21F2N5O2. The number of carbonyl (C=O) groups is 2. The Morgan fingerprint density at radius 3 is 2.28 bits per heavy atom. The molecule has 0 spiro atoms. The topological polar surface area (TPSA) is 98.2 Å². The van der Waals surface area contributed by atoms with Crippen LogP contribution in [0.1, 0.15) is 31.8 Å². The van der Waals surface area contributed by atoms with Crippen LogP contribution in [0.15, 0.2) is 54.7 Å². The Bertz CT molecular complexity index is 1190. The quantitative estimate of drug-likeness (QED) is 0.414. The minimum atomic E-state index is -0.830. The highest BCUT2D eigenvalue weighted by molar-refractivity contribution is 6.12. The molecule has 0 aliphatic rings. The molecule has 164 valence electrons. The summed E-state index contributed by atoms with van der Waals surface area (Å²) in [6.45, 7) is 1.84. The number of benzene rings is 2. The first-order chi connectivity index (χ1) is 15.2. The number of hydrogen-bond donors (Lipinski definition) is 3. The third kappa shape index (κ3) is 5.12. The van der Waals surface area contributed by atoms with Gasteiger partial charge in [0, 0.05) is 25.9 Å². The summed E-state index contributed by atoms with van der Waals surface area (Å²) in [6, 6.07) is 10.4. The molecular weight excluding hydrogens is 416 g/mol. The molecule has 1 heterocycles. The van der Waals surface area contributed by atoms with Crippen molar-refractivity contribution in [2.45, 2.75) is 6.92 Å². The molecule has 3 rings (SSSR count). The molecule has 0 radical (unpaired) electrons. The number of pyridine rings is 1. The summed E-state index contributed by atoms with van der Waals surface area (Å²) < 4.78 is 28.4. The van der Waals surface area contributed by atoms with Gasteiger partial charge in [-0.05, 0) is 48.9 Å². The van der Waals surface area contributed by atoms with Gasteiger partial charge in [-0.2, -0.15) is 0 Å². The maximum Gasteiger partial charge on any atom is 0.259 e. The summed E-state index contributed by atoms with van der Waals surface area (Å²) in [5.41, 5.74) is 0.779. The first kappa shape index (κ1) is 22.5. The van der Waals surface area contributed by atoms with Gasteiger partial charge in [-0.3, -0.25) is 15.0 Å². The number of aromatic nitrogens is 1. The average molecular weight is 437 g/mol. The number of halogens is 2. The van der Waals surface area contributed by atoms with Gasteiger partial charge in [0.15, 0.2) is 0 Å². The van der Waals surface area contributed by atoms with Crippen LogP contribution in [0.25, 0.3) is 0 Å². The fraction of sp³-hybridized carbons (Fsp3) is 0.130. The SMILES string of the molecule is Cc1ccc(NC(=O)c2cc(F)ccc2NC(=O)c2ccc(C(=N)N(C)C)cc2F)nc1. The lowest BCUT2D eigenvalue weighted by atomic mass is 10.1. The van der Waals surface area contributed by atoms with Crippen molar-refractivity contribution >= 4 is 29.2 Å². The van der Waals surface area contributed by atoms with Gasteiger partial charge in [0.2, 0.25) is 0 Å². The first-order valence-corrected chi connectivity index (χ1v) is 9.56. The second-order valence-electron chi connectivity index (χ2n) is 7.26. The third-order valence-electron chi connectivity index (χ3n) is 4.56. The Morgan fingerprint density at radius 2 is 1.66 bits per heavy atom. The Kier molecular flexibility index (Phi) is 6.58. The Morgan fingerprint density at radius 1 is 0.938 bits per heavy atom. The van der Waals surface area contributed by atoms with Gasteiger partial charge in [0.05, 0.1) is 16.8 Å². The van der Waals surface area contributed by atoms with E-state index in [1.807, 2.05) is 6.92 Å². The molecule has 0 aliphatic carbocycles. The zero-order valence-corrected chi connectivity index (χ0v) is 17.7. The van der Waals surface area contributed by atoms with Crippen LogP contribution in [0.3, 0.4) is 0 Å². The molecule has 3 aromatic rings. The number of anilines is 2. The smallest absolute Gasteiger partial charge is 0.259 e. The monoisotopic (exact) mass is 437 g/mol. The number of aryl methyl sites for hydroxylation is 1. The highest BCUT2D eigenvalue weighted by Gasteiger charge is 2.19. The van der Waals surface area contributed by atoms with Gasteiger partial charge in [-0.1, -0.05) is 12.1 Å². The largest absolute Gasteiger partial charge is 0.363 e. The fourth-order valence-corrected chi connectivity index (χ4v) is 2.83. The number of hydrogen-bond acceptors (Lipinski definition) is 4. The predicted molar refractivity (Wildman–Crippen MR) is 118 cm³/mol. The summed E-state index contributed by atoms with van der Waals surface area (Å²) in [6.07, 6.45) is 1.56. The van der Waals surface area contributed by atoms with E-state index in [9.17, 15) is 18.4 Å². The Balaban J connectivity index is 1.84. The van der Waals surface area contributed by atoms with Crippen LogP contribution in [-0.2, 0) is 0 Å². The summed E-state index contributed by atoms with van der Waals surface area (Å²) in [4.78, 5) is 30.9. The highest BCUT2D eigenvalue weighted by atomic mass is 19.1. The zero-order valence-electron chi connectivity index (χ0n) is 17.7. The molecule has 0 fully saturated rings. The highest BCUT2D eigenvalue weighted by Crippen LogP contribution is 2.21. The van der Waals surface area contributed by atoms with Crippen LogP contribution >= 0.6 is 0 Å². The molecule has 7 nitrogen and oxygen atoms in total. The fourth-order valence-electron chi connectivity index (χ4n) is 2.83. The van der Waals surface area contributed by atoms with E-state index in [0.29, 0.717) is 5.56 Å². The number of carbonyl (C=O) groups excluding carboxylic acids is 2. The molecule has 9 heteroatoms. The van der Waals surface area contributed by atoms with Gasteiger partial charge in [-0.25, -0.2) is 13.8 Å². The summed E-state index contributed by atoms with van der Waals surface area (Å²) >= 11 is 0. The van der Waals surface area contributed by atoms with Crippen molar-refractivity contribution in [3.05, 3.63) is 88.6 Å². The van der Waals surface area contributed by atoms with Gasteiger partial charge in [0.1, 0.15) is 23.3 Å². The molecule has 3 N–H and O–H groups in total. The van der Waals surface area contributed by atoms with E-state index in [1.165, 1.54) is 23.1 Å². The van der Waals surface area contributed by atoms with E-state index in [0.717, 1.165) is 23.8 Å². The molecule has 0 bridgehead atoms. The summed E-state index contributed by atoms with van der Waals surface area (Å²) in [7, 11) is 3.29. The van der Waals surface area contributed by atoms with Crippen molar-refractivity contribution in [2.24, 2.45) is 0 Å². The molecule has 0 atom stereocenters. The number of nitrogens with one attached hydrogen (secondary N) is 3. The lowest BCUT2D eigenvalue weighted by molar-refractivity contribution is 0.102. The van der Waals surface area contributed by atoms with Crippen molar-refractivity contribution in [1.29, 1.82) is 5.41 Å². The predicted octanol–water partition coefficient (Wildman–Crippen LogP) is 4.06. The normalized spacial score (nSPS) is 10.4. The zero-order chi connectivity index (χ0) is 23.4. The molecule has 0 saturated heterocycles. The number of amides is 2. The van der Waals surface area contributed by atoms with Crippen molar-refractivity contribution in [1.82, 2.24) is 9.88 Å². The van der Waals surface area contributed by atoms with Gasteiger partial charge >= 0.3 is 0 Å². The van der Waals surface area contributed by atoms with Gasteiger partial charge in [0.25, 0.3) is 11.8 Å². The van der Waals surface area contributed by atoms with Crippen molar-refractivity contribution in [3.8, 4) is 0 Å². The summed E-state index contributed by atoms with van der Waals surface area (Å²) in [5.74, 6) is -2.68. The minimum absolute atomic E-state index is 0.00511. The molecule has 0 aliphatic heterocycles. The number of nitrogens with zero attached hydrogens (tertiary/aromatic N) is 2. The third-order valence-corrected chi connectivity index (χ3v) is 4.56. The van der Waals surface area contributed by atoms with E-state index in [1.54, 1.807) is 32.4 Å². The molecule has 0 unspecified atom stereocenters.